The maximum absolute atomic E-state index is 5.74. The van der Waals surface area contributed by atoms with Gasteiger partial charge in [-0.25, -0.2) is 0 Å². The third kappa shape index (κ3) is 2.57. The molecule has 3 heteroatoms. The van der Waals surface area contributed by atoms with Gasteiger partial charge < -0.3 is 15.1 Å². The molecule has 2 atom stereocenters. The SMILES string of the molecule is CC(CN)CC(c1coc2ccccc12)N(C)C. The van der Waals surface area contributed by atoms with Crippen molar-refractivity contribution in [3.63, 3.8) is 0 Å². The van der Waals surface area contributed by atoms with Crippen LogP contribution < -0.4 is 5.73 Å². The molecular formula is C15H22N2O. The first-order valence-electron chi connectivity index (χ1n) is 6.46. The number of fused-ring (bicyclic) bond motifs is 1. The molecule has 1 aromatic carbocycles. The fourth-order valence-electron chi connectivity index (χ4n) is 2.35. The number of hydrogen-bond donors (Lipinski definition) is 1. The monoisotopic (exact) mass is 246 g/mol. The highest BCUT2D eigenvalue weighted by Crippen LogP contribution is 2.32. The second-order valence-electron chi connectivity index (χ2n) is 5.24. The van der Waals surface area contributed by atoms with E-state index in [1.807, 2.05) is 18.4 Å². The van der Waals surface area contributed by atoms with Gasteiger partial charge in [-0.3, -0.25) is 0 Å². The van der Waals surface area contributed by atoms with Crippen LogP contribution in [-0.2, 0) is 0 Å². The lowest BCUT2D eigenvalue weighted by Crippen LogP contribution is -2.24. The highest BCUT2D eigenvalue weighted by molar-refractivity contribution is 5.81. The molecule has 0 saturated heterocycles. The van der Waals surface area contributed by atoms with Gasteiger partial charge in [-0.2, -0.15) is 0 Å². The number of furan rings is 1. The lowest BCUT2D eigenvalue weighted by atomic mass is 9.95. The fourth-order valence-corrected chi connectivity index (χ4v) is 2.35. The third-order valence-corrected chi connectivity index (χ3v) is 3.52. The van der Waals surface area contributed by atoms with Crippen molar-refractivity contribution in [1.29, 1.82) is 0 Å². The van der Waals surface area contributed by atoms with E-state index < -0.39 is 0 Å². The lowest BCUT2D eigenvalue weighted by Gasteiger charge is -2.26. The minimum atomic E-state index is 0.354. The van der Waals surface area contributed by atoms with Gasteiger partial charge >= 0.3 is 0 Å². The van der Waals surface area contributed by atoms with Gasteiger partial charge in [0, 0.05) is 17.0 Å². The summed E-state index contributed by atoms with van der Waals surface area (Å²) in [5.41, 5.74) is 7.96. The molecule has 0 aliphatic rings. The van der Waals surface area contributed by atoms with Gasteiger partial charge in [-0.15, -0.1) is 0 Å². The van der Waals surface area contributed by atoms with Crippen molar-refractivity contribution < 1.29 is 4.42 Å². The van der Waals surface area contributed by atoms with Crippen molar-refractivity contribution >= 4 is 11.0 Å². The van der Waals surface area contributed by atoms with Gasteiger partial charge in [-0.1, -0.05) is 25.1 Å². The van der Waals surface area contributed by atoms with Crippen LogP contribution >= 0.6 is 0 Å². The third-order valence-electron chi connectivity index (χ3n) is 3.52. The van der Waals surface area contributed by atoms with Crippen LogP contribution in [0.25, 0.3) is 11.0 Å². The molecule has 0 bridgehead atoms. The van der Waals surface area contributed by atoms with Crippen LogP contribution in [0.1, 0.15) is 24.9 Å². The summed E-state index contributed by atoms with van der Waals surface area (Å²) in [6.45, 7) is 2.92. The molecule has 2 rings (SSSR count). The lowest BCUT2D eigenvalue weighted by molar-refractivity contribution is 0.255. The summed E-state index contributed by atoms with van der Waals surface area (Å²) in [6, 6.07) is 8.55. The second kappa shape index (κ2) is 5.55. The van der Waals surface area contributed by atoms with E-state index in [1.165, 1.54) is 10.9 Å². The van der Waals surface area contributed by atoms with Crippen molar-refractivity contribution in [2.75, 3.05) is 20.6 Å². The molecule has 2 N–H and O–H groups in total. The second-order valence-corrected chi connectivity index (χ2v) is 5.24. The Morgan fingerprint density at radius 1 is 1.28 bits per heavy atom. The highest BCUT2D eigenvalue weighted by atomic mass is 16.3. The van der Waals surface area contributed by atoms with Crippen molar-refractivity contribution in [2.45, 2.75) is 19.4 Å². The van der Waals surface area contributed by atoms with Gasteiger partial charge in [0.1, 0.15) is 5.58 Å². The first kappa shape index (κ1) is 13.1. The molecule has 1 heterocycles. The number of hydrogen-bond acceptors (Lipinski definition) is 3. The molecule has 3 nitrogen and oxygen atoms in total. The summed E-state index contributed by atoms with van der Waals surface area (Å²) in [5.74, 6) is 0.506. The average Bonchev–Trinajstić information content (AvgIpc) is 2.79. The van der Waals surface area contributed by atoms with Crippen LogP contribution in [0.3, 0.4) is 0 Å². The Morgan fingerprint density at radius 3 is 2.67 bits per heavy atom. The minimum absolute atomic E-state index is 0.354. The van der Waals surface area contributed by atoms with Crippen molar-refractivity contribution in [3.8, 4) is 0 Å². The van der Waals surface area contributed by atoms with Crippen LogP contribution in [-0.4, -0.2) is 25.5 Å². The topological polar surface area (TPSA) is 42.4 Å². The van der Waals surface area contributed by atoms with Crippen LogP contribution in [0.2, 0.25) is 0 Å². The zero-order valence-corrected chi connectivity index (χ0v) is 11.4. The Balaban J connectivity index is 2.36. The van der Waals surface area contributed by atoms with Crippen molar-refractivity contribution in [2.24, 2.45) is 11.7 Å². The van der Waals surface area contributed by atoms with E-state index in [-0.39, 0.29) is 0 Å². The van der Waals surface area contributed by atoms with E-state index in [4.69, 9.17) is 10.2 Å². The molecule has 0 aliphatic carbocycles. The summed E-state index contributed by atoms with van der Waals surface area (Å²) in [4.78, 5) is 2.24. The standard InChI is InChI=1S/C15H22N2O/c1-11(9-16)8-14(17(2)3)13-10-18-15-7-5-4-6-12(13)15/h4-7,10-11,14H,8-9,16H2,1-3H3. The quantitative estimate of drug-likeness (QED) is 0.881. The van der Waals surface area contributed by atoms with Gasteiger partial charge in [0.15, 0.2) is 0 Å². The van der Waals surface area contributed by atoms with Crippen LogP contribution in [0.5, 0.6) is 0 Å². The maximum Gasteiger partial charge on any atom is 0.134 e. The Labute approximate surface area is 109 Å². The van der Waals surface area contributed by atoms with Crippen LogP contribution in [0, 0.1) is 5.92 Å². The summed E-state index contributed by atoms with van der Waals surface area (Å²) < 4.78 is 5.64. The average molecular weight is 246 g/mol. The smallest absolute Gasteiger partial charge is 0.134 e. The molecule has 0 fully saturated rings. The molecule has 0 saturated carbocycles. The van der Waals surface area contributed by atoms with Gasteiger partial charge in [0.05, 0.1) is 6.26 Å². The Hall–Kier alpha value is -1.32. The normalized spacial score (nSPS) is 15.2. The Bertz CT molecular complexity index is 504. The van der Waals surface area contributed by atoms with E-state index in [0.717, 1.165) is 18.5 Å². The zero-order valence-electron chi connectivity index (χ0n) is 11.4. The largest absolute Gasteiger partial charge is 0.464 e. The molecule has 1 aromatic heterocycles. The van der Waals surface area contributed by atoms with E-state index in [1.54, 1.807) is 0 Å². The molecular weight excluding hydrogens is 224 g/mol. The number of rotatable bonds is 5. The van der Waals surface area contributed by atoms with E-state index in [9.17, 15) is 0 Å². The number of nitrogens with two attached hydrogens (primary N) is 1. The molecule has 0 radical (unpaired) electrons. The van der Waals surface area contributed by atoms with Gasteiger partial charge in [0.25, 0.3) is 0 Å². The first-order chi connectivity index (χ1) is 8.63. The molecule has 0 aliphatic heterocycles. The molecule has 18 heavy (non-hydrogen) atoms. The van der Waals surface area contributed by atoms with E-state index in [0.29, 0.717) is 12.0 Å². The van der Waals surface area contributed by atoms with Crippen LogP contribution in [0.4, 0.5) is 0 Å². The first-order valence-corrected chi connectivity index (χ1v) is 6.46. The van der Waals surface area contributed by atoms with Crippen molar-refractivity contribution in [3.05, 3.63) is 36.1 Å². The van der Waals surface area contributed by atoms with E-state index in [2.05, 4.69) is 38.1 Å². The van der Waals surface area contributed by atoms with Gasteiger partial charge in [0.2, 0.25) is 0 Å². The summed E-state index contributed by atoms with van der Waals surface area (Å²) in [5, 5.41) is 1.21. The Kier molecular flexibility index (Phi) is 4.04. The molecule has 2 unspecified atom stereocenters. The van der Waals surface area contributed by atoms with Crippen molar-refractivity contribution in [1.82, 2.24) is 4.90 Å². The molecule has 0 spiro atoms. The number of benzene rings is 1. The molecule has 98 valence electrons. The van der Waals surface area contributed by atoms with E-state index >= 15 is 0 Å². The Morgan fingerprint density at radius 2 is 2.00 bits per heavy atom. The predicted molar refractivity (Wildman–Crippen MR) is 75.5 cm³/mol. The molecule has 2 aromatic rings. The summed E-state index contributed by atoms with van der Waals surface area (Å²) in [7, 11) is 4.21. The van der Waals surface area contributed by atoms with Crippen LogP contribution in [0.15, 0.2) is 34.9 Å². The summed E-state index contributed by atoms with van der Waals surface area (Å²) >= 11 is 0. The number of para-hydroxylation sites is 1. The number of nitrogens with zero attached hydrogens (tertiary/aromatic N) is 1. The van der Waals surface area contributed by atoms with Gasteiger partial charge in [-0.05, 0) is 39.0 Å². The highest BCUT2D eigenvalue weighted by Gasteiger charge is 2.20. The zero-order chi connectivity index (χ0) is 13.1. The fraction of sp³-hybridized carbons (Fsp3) is 0.467. The summed E-state index contributed by atoms with van der Waals surface area (Å²) in [6.07, 6.45) is 2.94. The minimum Gasteiger partial charge on any atom is -0.464 e. The predicted octanol–water partition coefficient (Wildman–Crippen LogP) is 3.02. The maximum atomic E-state index is 5.74. The molecule has 0 amide bonds.